The highest BCUT2D eigenvalue weighted by atomic mass is 127. The minimum absolute atomic E-state index is 0.0664. The number of anilines is 1. The molecule has 0 fully saturated rings. The second-order valence-corrected chi connectivity index (χ2v) is 5.47. The van der Waals surface area contributed by atoms with Crippen LogP contribution in [-0.4, -0.2) is 5.91 Å². The molecule has 0 aromatic heterocycles. The first-order valence-electron chi connectivity index (χ1n) is 5.70. The number of carbonyl (C=O) groups is 1. The van der Waals surface area contributed by atoms with E-state index in [0.29, 0.717) is 5.56 Å². The molecule has 0 saturated carbocycles. The quantitative estimate of drug-likeness (QED) is 0.809. The standard InChI is InChI=1S/C15H14INO/c1-10-3-6-12(7-4-10)17-15(18)13-8-5-11(2)9-14(13)16/h3-9H,1-2H3,(H,17,18). The fourth-order valence-electron chi connectivity index (χ4n) is 1.64. The Bertz CT molecular complexity index is 576. The Morgan fingerprint density at radius 3 is 2.22 bits per heavy atom. The molecule has 92 valence electrons. The predicted molar refractivity (Wildman–Crippen MR) is 83.0 cm³/mol. The Balaban J connectivity index is 2.19. The van der Waals surface area contributed by atoms with Crippen LogP contribution in [0.25, 0.3) is 0 Å². The fourth-order valence-corrected chi connectivity index (χ4v) is 2.56. The Hall–Kier alpha value is -1.36. The van der Waals surface area contributed by atoms with Crippen LogP contribution in [0.5, 0.6) is 0 Å². The number of hydrogen-bond acceptors (Lipinski definition) is 1. The molecule has 0 saturated heterocycles. The molecule has 2 aromatic carbocycles. The van der Waals surface area contributed by atoms with Crippen molar-refractivity contribution < 1.29 is 4.79 Å². The van der Waals surface area contributed by atoms with Gasteiger partial charge in [-0.15, -0.1) is 0 Å². The van der Waals surface area contributed by atoms with Crippen LogP contribution in [0.3, 0.4) is 0 Å². The molecule has 0 spiro atoms. The van der Waals surface area contributed by atoms with Gasteiger partial charge in [0, 0.05) is 9.26 Å². The van der Waals surface area contributed by atoms with E-state index in [0.717, 1.165) is 14.8 Å². The summed E-state index contributed by atoms with van der Waals surface area (Å²) in [7, 11) is 0. The van der Waals surface area contributed by atoms with Gasteiger partial charge >= 0.3 is 0 Å². The molecule has 0 unspecified atom stereocenters. The Labute approximate surface area is 121 Å². The zero-order chi connectivity index (χ0) is 13.1. The number of halogens is 1. The van der Waals surface area contributed by atoms with E-state index < -0.39 is 0 Å². The molecule has 0 atom stereocenters. The van der Waals surface area contributed by atoms with E-state index in [1.165, 1.54) is 5.56 Å². The van der Waals surface area contributed by atoms with Gasteiger partial charge < -0.3 is 5.32 Å². The largest absolute Gasteiger partial charge is 0.322 e. The maximum atomic E-state index is 12.1. The van der Waals surface area contributed by atoms with Crippen LogP contribution < -0.4 is 5.32 Å². The molecule has 0 radical (unpaired) electrons. The summed E-state index contributed by atoms with van der Waals surface area (Å²) in [4.78, 5) is 12.1. The van der Waals surface area contributed by atoms with Crippen LogP contribution in [-0.2, 0) is 0 Å². The molecule has 0 aliphatic heterocycles. The summed E-state index contributed by atoms with van der Waals surface area (Å²) in [5.74, 6) is -0.0664. The van der Waals surface area contributed by atoms with E-state index in [1.54, 1.807) is 0 Å². The molecule has 0 bridgehead atoms. The van der Waals surface area contributed by atoms with Gasteiger partial charge in [-0.25, -0.2) is 0 Å². The number of benzene rings is 2. The van der Waals surface area contributed by atoms with Gasteiger partial charge in [-0.05, 0) is 60.7 Å². The zero-order valence-electron chi connectivity index (χ0n) is 10.3. The second-order valence-electron chi connectivity index (χ2n) is 4.30. The van der Waals surface area contributed by atoms with Crippen molar-refractivity contribution in [2.75, 3.05) is 5.32 Å². The van der Waals surface area contributed by atoms with Gasteiger partial charge in [0.1, 0.15) is 0 Å². The maximum absolute atomic E-state index is 12.1. The SMILES string of the molecule is Cc1ccc(NC(=O)c2ccc(C)cc2I)cc1. The highest BCUT2D eigenvalue weighted by Crippen LogP contribution is 2.16. The maximum Gasteiger partial charge on any atom is 0.256 e. The molecular weight excluding hydrogens is 337 g/mol. The summed E-state index contributed by atoms with van der Waals surface area (Å²) < 4.78 is 0.970. The smallest absolute Gasteiger partial charge is 0.256 e. The lowest BCUT2D eigenvalue weighted by molar-refractivity contribution is 0.102. The van der Waals surface area contributed by atoms with Gasteiger partial charge in [-0.2, -0.15) is 0 Å². The lowest BCUT2D eigenvalue weighted by Crippen LogP contribution is -2.13. The summed E-state index contributed by atoms with van der Waals surface area (Å²) in [6.07, 6.45) is 0. The van der Waals surface area contributed by atoms with Crippen molar-refractivity contribution in [2.45, 2.75) is 13.8 Å². The van der Waals surface area contributed by atoms with Crippen molar-refractivity contribution in [3.05, 3.63) is 62.7 Å². The monoisotopic (exact) mass is 351 g/mol. The molecular formula is C15H14INO. The molecule has 3 heteroatoms. The molecule has 1 amide bonds. The fraction of sp³-hybridized carbons (Fsp3) is 0.133. The summed E-state index contributed by atoms with van der Waals surface area (Å²) in [6, 6.07) is 13.6. The second kappa shape index (κ2) is 5.52. The van der Waals surface area contributed by atoms with Gasteiger partial charge in [0.25, 0.3) is 5.91 Å². The van der Waals surface area contributed by atoms with Gasteiger partial charge in [0.05, 0.1) is 5.56 Å². The molecule has 1 N–H and O–H groups in total. The molecule has 0 aliphatic rings. The predicted octanol–water partition coefficient (Wildman–Crippen LogP) is 4.16. The number of rotatable bonds is 2. The third-order valence-corrected chi connectivity index (χ3v) is 3.57. The van der Waals surface area contributed by atoms with Crippen LogP contribution in [0, 0.1) is 17.4 Å². The Kier molecular flexibility index (Phi) is 4.01. The molecule has 0 heterocycles. The van der Waals surface area contributed by atoms with E-state index in [9.17, 15) is 4.79 Å². The van der Waals surface area contributed by atoms with E-state index in [1.807, 2.05) is 56.3 Å². The van der Waals surface area contributed by atoms with Crippen LogP contribution in [0.4, 0.5) is 5.69 Å². The topological polar surface area (TPSA) is 29.1 Å². The molecule has 0 aliphatic carbocycles. The average molecular weight is 351 g/mol. The van der Waals surface area contributed by atoms with Crippen molar-refractivity contribution in [3.8, 4) is 0 Å². The van der Waals surface area contributed by atoms with E-state index in [-0.39, 0.29) is 5.91 Å². The number of carbonyl (C=O) groups excluding carboxylic acids is 1. The van der Waals surface area contributed by atoms with Gasteiger partial charge in [-0.3, -0.25) is 4.79 Å². The Morgan fingerprint density at radius 2 is 1.61 bits per heavy atom. The van der Waals surface area contributed by atoms with Gasteiger partial charge in [0.15, 0.2) is 0 Å². The third-order valence-electron chi connectivity index (χ3n) is 2.68. The van der Waals surface area contributed by atoms with Crippen LogP contribution in [0.2, 0.25) is 0 Å². The van der Waals surface area contributed by atoms with Gasteiger partial charge in [-0.1, -0.05) is 29.3 Å². The number of amides is 1. The summed E-state index contributed by atoms with van der Waals surface area (Å²) >= 11 is 2.19. The van der Waals surface area contributed by atoms with Crippen LogP contribution >= 0.6 is 22.6 Å². The van der Waals surface area contributed by atoms with E-state index >= 15 is 0 Å². The minimum Gasteiger partial charge on any atom is -0.322 e. The number of hydrogen-bond donors (Lipinski definition) is 1. The minimum atomic E-state index is -0.0664. The first kappa shape index (κ1) is 13.1. The van der Waals surface area contributed by atoms with Crippen molar-refractivity contribution in [1.29, 1.82) is 0 Å². The highest BCUT2D eigenvalue weighted by molar-refractivity contribution is 14.1. The van der Waals surface area contributed by atoms with Crippen molar-refractivity contribution in [3.63, 3.8) is 0 Å². The van der Waals surface area contributed by atoms with Crippen LogP contribution in [0.1, 0.15) is 21.5 Å². The highest BCUT2D eigenvalue weighted by Gasteiger charge is 2.09. The van der Waals surface area contributed by atoms with Crippen molar-refractivity contribution in [1.82, 2.24) is 0 Å². The number of aryl methyl sites for hydroxylation is 2. The lowest BCUT2D eigenvalue weighted by atomic mass is 10.1. The molecule has 2 nitrogen and oxygen atoms in total. The first-order chi connectivity index (χ1) is 8.56. The summed E-state index contributed by atoms with van der Waals surface area (Å²) in [5.41, 5.74) is 3.87. The Morgan fingerprint density at radius 1 is 1.00 bits per heavy atom. The van der Waals surface area contributed by atoms with Crippen molar-refractivity contribution >= 4 is 34.2 Å². The molecule has 18 heavy (non-hydrogen) atoms. The number of nitrogens with one attached hydrogen (secondary N) is 1. The average Bonchev–Trinajstić information content (AvgIpc) is 2.32. The normalized spacial score (nSPS) is 10.2. The third kappa shape index (κ3) is 3.10. The zero-order valence-corrected chi connectivity index (χ0v) is 12.5. The van der Waals surface area contributed by atoms with Gasteiger partial charge in [0.2, 0.25) is 0 Å². The van der Waals surface area contributed by atoms with E-state index in [4.69, 9.17) is 0 Å². The first-order valence-corrected chi connectivity index (χ1v) is 6.78. The lowest BCUT2D eigenvalue weighted by Gasteiger charge is -2.07. The summed E-state index contributed by atoms with van der Waals surface area (Å²) in [5, 5.41) is 2.90. The van der Waals surface area contributed by atoms with Crippen molar-refractivity contribution in [2.24, 2.45) is 0 Å². The van der Waals surface area contributed by atoms with Crippen LogP contribution in [0.15, 0.2) is 42.5 Å². The van der Waals surface area contributed by atoms with E-state index in [2.05, 4.69) is 27.9 Å². The molecule has 2 aromatic rings. The molecule has 2 rings (SSSR count). The summed E-state index contributed by atoms with van der Waals surface area (Å²) in [6.45, 7) is 4.04.